The van der Waals surface area contributed by atoms with E-state index in [-0.39, 0.29) is 18.2 Å². The maximum Gasteiger partial charge on any atom is 0.146 e. The second-order valence-electron chi connectivity index (χ2n) is 6.77. The van der Waals surface area contributed by atoms with Gasteiger partial charge in [-0.25, -0.2) is 8.78 Å². The average molecular weight is 392 g/mol. The number of anilines is 1. The Labute approximate surface area is 164 Å². The lowest BCUT2D eigenvalue weighted by Crippen LogP contribution is -2.49. The summed E-state index contributed by atoms with van der Waals surface area (Å²) in [7, 11) is 0. The van der Waals surface area contributed by atoms with Crippen LogP contribution in [0.15, 0.2) is 48.5 Å². The number of halogens is 2. The van der Waals surface area contributed by atoms with Crippen LogP contribution < -0.4 is 9.64 Å². The second-order valence-corrected chi connectivity index (χ2v) is 6.77. The molecule has 0 aromatic heterocycles. The molecule has 152 valence electrons. The highest BCUT2D eigenvalue weighted by molar-refractivity contribution is 5.47. The number of para-hydroxylation sites is 1. The molecule has 1 aliphatic heterocycles. The minimum Gasteiger partial charge on any atom is -0.491 e. The summed E-state index contributed by atoms with van der Waals surface area (Å²) < 4.78 is 37.6. The average Bonchev–Trinajstić information content (AvgIpc) is 2.70. The number of nitrogens with zero attached hydrogens (tertiary/aromatic N) is 2. The molecule has 2 aromatic carbocycles. The van der Waals surface area contributed by atoms with Gasteiger partial charge in [-0.1, -0.05) is 12.1 Å². The van der Waals surface area contributed by atoms with E-state index < -0.39 is 6.10 Å². The fraction of sp³-hybridized carbons (Fsp3) is 0.429. The first-order chi connectivity index (χ1) is 13.6. The summed E-state index contributed by atoms with van der Waals surface area (Å²) in [4.78, 5) is 4.18. The van der Waals surface area contributed by atoms with Gasteiger partial charge < -0.3 is 19.5 Å². The predicted molar refractivity (Wildman–Crippen MR) is 104 cm³/mol. The van der Waals surface area contributed by atoms with E-state index in [4.69, 9.17) is 9.47 Å². The monoisotopic (exact) mass is 392 g/mol. The van der Waals surface area contributed by atoms with Crippen LogP contribution >= 0.6 is 0 Å². The summed E-state index contributed by atoms with van der Waals surface area (Å²) in [5, 5.41) is 10.2. The molecule has 1 aliphatic rings. The van der Waals surface area contributed by atoms with Crippen LogP contribution in [0.2, 0.25) is 0 Å². The number of ether oxygens (including phenoxy) is 2. The van der Waals surface area contributed by atoms with E-state index in [1.807, 2.05) is 11.0 Å². The van der Waals surface area contributed by atoms with E-state index in [0.29, 0.717) is 31.2 Å². The lowest BCUT2D eigenvalue weighted by atomic mass is 10.2. The summed E-state index contributed by atoms with van der Waals surface area (Å²) in [6.07, 6.45) is -0.592. The molecule has 1 heterocycles. The third-order valence-corrected chi connectivity index (χ3v) is 4.65. The molecule has 0 amide bonds. The fourth-order valence-electron chi connectivity index (χ4n) is 3.20. The summed E-state index contributed by atoms with van der Waals surface area (Å²) in [5.74, 6) is 0.0759. The first kappa shape index (κ1) is 20.5. The molecular formula is C21H26F2N2O3. The molecule has 2 aromatic rings. The molecule has 1 atom stereocenters. The number of rotatable bonds is 9. The molecule has 0 saturated carbocycles. The van der Waals surface area contributed by atoms with Gasteiger partial charge in [0.1, 0.15) is 24.0 Å². The highest BCUT2D eigenvalue weighted by Crippen LogP contribution is 2.20. The number of aliphatic hydroxyl groups is 1. The molecule has 3 rings (SSSR count). The van der Waals surface area contributed by atoms with E-state index in [0.717, 1.165) is 26.2 Å². The summed E-state index contributed by atoms with van der Waals surface area (Å²) in [6, 6.07) is 12.6. The van der Waals surface area contributed by atoms with Crippen LogP contribution in [0, 0.1) is 11.6 Å². The van der Waals surface area contributed by atoms with Gasteiger partial charge in [-0.15, -0.1) is 0 Å². The zero-order valence-corrected chi connectivity index (χ0v) is 15.8. The Kier molecular flexibility index (Phi) is 7.59. The van der Waals surface area contributed by atoms with E-state index in [1.54, 1.807) is 24.3 Å². The number of benzene rings is 2. The minimum absolute atomic E-state index is 0.202. The van der Waals surface area contributed by atoms with Crippen molar-refractivity contribution in [2.24, 2.45) is 0 Å². The molecule has 1 saturated heterocycles. The SMILES string of the molecule is O[C@H](COCCOc1ccc(F)cc1)CN1CCN(c2ccccc2F)CC1. The van der Waals surface area contributed by atoms with Gasteiger partial charge in [-0.05, 0) is 36.4 Å². The van der Waals surface area contributed by atoms with Gasteiger partial charge in [-0.2, -0.15) is 0 Å². The minimum atomic E-state index is -0.592. The Morgan fingerprint density at radius 3 is 2.36 bits per heavy atom. The van der Waals surface area contributed by atoms with Crippen LogP contribution in [-0.2, 0) is 4.74 Å². The van der Waals surface area contributed by atoms with Crippen molar-refractivity contribution in [2.75, 3.05) is 57.4 Å². The van der Waals surface area contributed by atoms with E-state index in [2.05, 4.69) is 4.90 Å². The molecule has 0 radical (unpaired) electrons. The van der Waals surface area contributed by atoms with Crippen molar-refractivity contribution in [3.63, 3.8) is 0 Å². The maximum atomic E-state index is 13.9. The molecule has 0 bridgehead atoms. The molecule has 0 spiro atoms. The van der Waals surface area contributed by atoms with Gasteiger partial charge in [0.2, 0.25) is 0 Å². The standard InChI is InChI=1S/C21H26F2N2O3/c22-17-5-7-19(8-6-17)28-14-13-27-16-18(26)15-24-9-11-25(12-10-24)21-4-2-1-3-20(21)23/h1-8,18,26H,9-16H2/t18-/m0/s1. The highest BCUT2D eigenvalue weighted by atomic mass is 19.1. The third-order valence-electron chi connectivity index (χ3n) is 4.65. The molecule has 0 aliphatic carbocycles. The van der Waals surface area contributed by atoms with Crippen molar-refractivity contribution in [3.05, 3.63) is 60.2 Å². The smallest absolute Gasteiger partial charge is 0.146 e. The molecule has 0 unspecified atom stereocenters. The Hall–Kier alpha value is -2.22. The fourth-order valence-corrected chi connectivity index (χ4v) is 3.20. The van der Waals surface area contributed by atoms with Gasteiger partial charge in [0, 0.05) is 32.7 Å². The lowest BCUT2D eigenvalue weighted by Gasteiger charge is -2.36. The van der Waals surface area contributed by atoms with E-state index in [1.165, 1.54) is 18.2 Å². The first-order valence-corrected chi connectivity index (χ1v) is 9.48. The molecule has 1 N–H and O–H groups in total. The van der Waals surface area contributed by atoms with Crippen molar-refractivity contribution in [3.8, 4) is 5.75 Å². The van der Waals surface area contributed by atoms with E-state index in [9.17, 15) is 13.9 Å². The molecule has 1 fully saturated rings. The van der Waals surface area contributed by atoms with Gasteiger partial charge in [-0.3, -0.25) is 4.90 Å². The number of β-amino-alcohol motifs (C(OH)–C–C–N with tert-alkyl or cyclic N) is 1. The Balaban J connectivity index is 1.29. The number of hydrogen-bond acceptors (Lipinski definition) is 5. The highest BCUT2D eigenvalue weighted by Gasteiger charge is 2.21. The van der Waals surface area contributed by atoms with E-state index >= 15 is 0 Å². The van der Waals surface area contributed by atoms with Crippen molar-refractivity contribution in [1.29, 1.82) is 0 Å². The zero-order valence-electron chi connectivity index (χ0n) is 15.8. The lowest BCUT2D eigenvalue weighted by molar-refractivity contribution is 0.00716. The molecule has 5 nitrogen and oxygen atoms in total. The zero-order chi connectivity index (χ0) is 19.8. The van der Waals surface area contributed by atoms with Crippen molar-refractivity contribution < 1.29 is 23.4 Å². The Morgan fingerprint density at radius 1 is 0.929 bits per heavy atom. The Morgan fingerprint density at radius 2 is 1.64 bits per heavy atom. The van der Waals surface area contributed by atoms with Crippen molar-refractivity contribution in [1.82, 2.24) is 4.90 Å². The largest absolute Gasteiger partial charge is 0.491 e. The molecule has 7 heteroatoms. The summed E-state index contributed by atoms with van der Waals surface area (Å²) in [5.41, 5.74) is 0.632. The Bertz CT molecular complexity index is 722. The van der Waals surface area contributed by atoms with Crippen LogP contribution in [0.4, 0.5) is 14.5 Å². The maximum absolute atomic E-state index is 13.9. The summed E-state index contributed by atoms with van der Waals surface area (Å²) in [6.45, 7) is 4.39. The number of hydrogen-bond donors (Lipinski definition) is 1. The molecule has 28 heavy (non-hydrogen) atoms. The number of piperazine rings is 1. The van der Waals surface area contributed by atoms with Gasteiger partial charge >= 0.3 is 0 Å². The molecular weight excluding hydrogens is 366 g/mol. The van der Waals surface area contributed by atoms with Crippen molar-refractivity contribution >= 4 is 5.69 Å². The number of aliphatic hydroxyl groups excluding tert-OH is 1. The van der Waals surface area contributed by atoms with Crippen LogP contribution in [0.1, 0.15) is 0 Å². The first-order valence-electron chi connectivity index (χ1n) is 9.48. The van der Waals surface area contributed by atoms with Crippen molar-refractivity contribution in [2.45, 2.75) is 6.10 Å². The topological polar surface area (TPSA) is 45.2 Å². The van der Waals surface area contributed by atoms with Crippen LogP contribution in [-0.4, -0.2) is 68.7 Å². The van der Waals surface area contributed by atoms with Crippen LogP contribution in [0.3, 0.4) is 0 Å². The predicted octanol–water partition coefficient (Wildman–Crippen LogP) is 2.54. The van der Waals surface area contributed by atoms with Crippen LogP contribution in [0.5, 0.6) is 5.75 Å². The quantitative estimate of drug-likeness (QED) is 0.665. The van der Waals surface area contributed by atoms with Crippen LogP contribution in [0.25, 0.3) is 0 Å². The normalized spacial score (nSPS) is 16.2. The van der Waals surface area contributed by atoms with Gasteiger partial charge in [0.05, 0.1) is 25.0 Å². The summed E-state index contributed by atoms with van der Waals surface area (Å²) >= 11 is 0. The van der Waals surface area contributed by atoms with Gasteiger partial charge in [0.25, 0.3) is 0 Å². The second kappa shape index (κ2) is 10.4. The van der Waals surface area contributed by atoms with Gasteiger partial charge in [0.15, 0.2) is 0 Å². The third kappa shape index (κ3) is 6.15.